The molecule has 0 radical (unpaired) electrons. The van der Waals surface area contributed by atoms with Crippen LogP contribution in [0.3, 0.4) is 0 Å². The average Bonchev–Trinajstić information content (AvgIpc) is 2.35. The molecular weight excluding hydrogens is 279 g/mol. The van der Waals surface area contributed by atoms with Gasteiger partial charge in [-0.25, -0.2) is 0 Å². The van der Waals surface area contributed by atoms with Gasteiger partial charge < -0.3 is 14.5 Å². The molecule has 6 heteroatoms. The second-order valence-corrected chi connectivity index (χ2v) is 6.96. The molecule has 2 N–H and O–H groups in total. The van der Waals surface area contributed by atoms with Crippen molar-refractivity contribution < 1.29 is 23.9 Å². The van der Waals surface area contributed by atoms with Crippen LogP contribution < -0.4 is 0 Å². The normalized spacial score (nSPS) is 11.6. The van der Waals surface area contributed by atoms with E-state index < -0.39 is 13.8 Å². The second kappa shape index (κ2) is 12.4. The zero-order valence-electron chi connectivity index (χ0n) is 12.6. The van der Waals surface area contributed by atoms with Gasteiger partial charge in [0.25, 0.3) is 0 Å². The quantitative estimate of drug-likeness (QED) is 0.308. The number of unbranched alkanes of at least 4 members (excludes halogenated alkanes) is 8. The van der Waals surface area contributed by atoms with Crippen LogP contribution in [-0.4, -0.2) is 28.5 Å². The molecule has 0 spiro atoms. The van der Waals surface area contributed by atoms with E-state index >= 15 is 0 Å². The molecule has 0 fully saturated rings. The first kappa shape index (κ1) is 19.6. The largest absolute Gasteiger partial charge is 0.465 e. The van der Waals surface area contributed by atoms with E-state index in [1.807, 2.05) is 0 Å². The highest BCUT2D eigenvalue weighted by molar-refractivity contribution is 7.51. The molecule has 0 unspecified atom stereocenters. The molecule has 0 aliphatic rings. The van der Waals surface area contributed by atoms with E-state index in [9.17, 15) is 9.36 Å². The molecule has 0 rings (SSSR count). The topological polar surface area (TPSA) is 83.8 Å². The van der Waals surface area contributed by atoms with Gasteiger partial charge >= 0.3 is 13.6 Å². The van der Waals surface area contributed by atoms with E-state index in [2.05, 4.69) is 6.92 Å². The average molecular weight is 308 g/mol. The summed E-state index contributed by atoms with van der Waals surface area (Å²) >= 11 is 0. The van der Waals surface area contributed by atoms with Gasteiger partial charge in [-0.1, -0.05) is 58.3 Å². The van der Waals surface area contributed by atoms with E-state index in [-0.39, 0.29) is 12.6 Å². The summed E-state index contributed by atoms with van der Waals surface area (Å²) in [6.45, 7) is 2.01. The van der Waals surface area contributed by atoms with E-state index in [4.69, 9.17) is 14.5 Å². The lowest BCUT2D eigenvalue weighted by Crippen LogP contribution is -2.08. The Bertz CT molecular complexity index is 287. The van der Waals surface area contributed by atoms with Crippen LogP contribution in [0.15, 0.2) is 0 Å². The van der Waals surface area contributed by atoms with Crippen LogP contribution in [0.4, 0.5) is 0 Å². The molecule has 0 aromatic carbocycles. The molecule has 20 heavy (non-hydrogen) atoms. The molecular formula is C14H29O5P. The monoisotopic (exact) mass is 308 g/mol. The number of rotatable bonds is 13. The highest BCUT2D eigenvalue weighted by atomic mass is 31.2. The van der Waals surface area contributed by atoms with Gasteiger partial charge in [0, 0.05) is 6.42 Å². The predicted molar refractivity (Wildman–Crippen MR) is 79.7 cm³/mol. The fourth-order valence-electron chi connectivity index (χ4n) is 1.93. The minimum Gasteiger partial charge on any atom is -0.465 e. The number of esters is 1. The van der Waals surface area contributed by atoms with Crippen LogP contribution in [0.2, 0.25) is 0 Å². The second-order valence-electron chi connectivity index (χ2n) is 5.19. The lowest BCUT2D eigenvalue weighted by Gasteiger charge is -2.06. The van der Waals surface area contributed by atoms with Gasteiger partial charge in [0.05, 0.1) is 6.16 Å². The SMILES string of the molecule is CCCCCCCCCCCC(=O)OCCP(=O)(O)O. The molecule has 0 amide bonds. The Labute approximate surface area is 122 Å². The lowest BCUT2D eigenvalue weighted by atomic mass is 10.1. The molecule has 0 aliphatic heterocycles. The maximum atomic E-state index is 11.3. The zero-order valence-corrected chi connectivity index (χ0v) is 13.4. The van der Waals surface area contributed by atoms with Crippen LogP contribution in [0.5, 0.6) is 0 Å². The lowest BCUT2D eigenvalue weighted by molar-refractivity contribution is -0.143. The molecule has 0 saturated carbocycles. The fourth-order valence-corrected chi connectivity index (χ4v) is 2.26. The van der Waals surface area contributed by atoms with Gasteiger partial charge in [-0.15, -0.1) is 0 Å². The summed E-state index contributed by atoms with van der Waals surface area (Å²) in [7, 11) is -4.05. The van der Waals surface area contributed by atoms with Crippen molar-refractivity contribution in [2.45, 2.75) is 71.1 Å². The summed E-state index contributed by atoms with van der Waals surface area (Å²) in [5.74, 6) is -0.360. The van der Waals surface area contributed by atoms with Crippen LogP contribution in [-0.2, 0) is 14.1 Å². The molecule has 0 heterocycles. The summed E-state index contributed by atoms with van der Waals surface area (Å²) in [5, 5.41) is 0. The van der Waals surface area contributed by atoms with Crippen molar-refractivity contribution in [3.8, 4) is 0 Å². The summed E-state index contributed by atoms with van der Waals surface area (Å²) in [6.07, 6.45) is 10.6. The van der Waals surface area contributed by atoms with Gasteiger partial charge in [-0.2, -0.15) is 0 Å². The molecule has 120 valence electrons. The highest BCUT2D eigenvalue weighted by Gasteiger charge is 2.13. The molecule has 0 aromatic heterocycles. The van der Waals surface area contributed by atoms with Crippen molar-refractivity contribution in [2.24, 2.45) is 0 Å². The first-order valence-corrected chi connectivity index (χ1v) is 9.45. The van der Waals surface area contributed by atoms with Crippen molar-refractivity contribution in [1.82, 2.24) is 0 Å². The van der Waals surface area contributed by atoms with Gasteiger partial charge in [0.15, 0.2) is 0 Å². The predicted octanol–water partition coefficient (Wildman–Crippen LogP) is 3.63. The van der Waals surface area contributed by atoms with Crippen molar-refractivity contribution >= 4 is 13.6 Å². The number of ether oxygens (including phenoxy) is 1. The van der Waals surface area contributed by atoms with Crippen molar-refractivity contribution in [1.29, 1.82) is 0 Å². The Morgan fingerprint density at radius 1 is 0.950 bits per heavy atom. The standard InChI is InChI=1S/C14H29O5P/c1-2-3-4-5-6-7-8-9-10-11-14(15)19-12-13-20(16,17)18/h2-13H2,1H3,(H2,16,17,18). The first-order valence-electron chi connectivity index (χ1n) is 7.66. The van der Waals surface area contributed by atoms with Crippen LogP contribution >= 0.6 is 7.60 Å². The fraction of sp³-hybridized carbons (Fsp3) is 0.929. The van der Waals surface area contributed by atoms with Crippen molar-refractivity contribution in [3.05, 3.63) is 0 Å². The highest BCUT2D eigenvalue weighted by Crippen LogP contribution is 2.33. The van der Waals surface area contributed by atoms with Gasteiger partial charge in [-0.3, -0.25) is 9.36 Å². The molecule has 5 nitrogen and oxygen atoms in total. The number of carbonyl (C=O) groups excluding carboxylic acids is 1. The maximum Gasteiger partial charge on any atom is 0.328 e. The molecule has 0 aliphatic carbocycles. The van der Waals surface area contributed by atoms with Crippen molar-refractivity contribution in [3.63, 3.8) is 0 Å². The smallest absolute Gasteiger partial charge is 0.328 e. The van der Waals surface area contributed by atoms with E-state index in [0.29, 0.717) is 6.42 Å². The summed E-state index contributed by atoms with van der Waals surface area (Å²) < 4.78 is 15.3. The number of hydrogen-bond donors (Lipinski definition) is 2. The maximum absolute atomic E-state index is 11.3. The van der Waals surface area contributed by atoms with E-state index in [1.165, 1.54) is 38.5 Å². The molecule has 0 atom stereocenters. The molecule has 0 bridgehead atoms. The summed E-state index contributed by atoms with van der Waals surface area (Å²) in [5.41, 5.74) is 0. The third-order valence-corrected chi connectivity index (χ3v) is 3.90. The third-order valence-electron chi connectivity index (χ3n) is 3.13. The number of carbonyl (C=O) groups is 1. The van der Waals surface area contributed by atoms with E-state index in [1.54, 1.807) is 0 Å². The Morgan fingerprint density at radius 2 is 1.45 bits per heavy atom. The third kappa shape index (κ3) is 15.7. The Hall–Kier alpha value is -0.380. The molecule has 0 saturated heterocycles. The van der Waals surface area contributed by atoms with Gasteiger partial charge in [0.2, 0.25) is 0 Å². The van der Waals surface area contributed by atoms with Crippen LogP contribution in [0.1, 0.15) is 71.1 Å². The first-order chi connectivity index (χ1) is 9.45. The van der Waals surface area contributed by atoms with Crippen LogP contribution in [0.25, 0.3) is 0 Å². The zero-order chi connectivity index (χ0) is 15.3. The van der Waals surface area contributed by atoms with E-state index in [0.717, 1.165) is 19.3 Å². The molecule has 0 aromatic rings. The number of hydrogen-bond acceptors (Lipinski definition) is 3. The van der Waals surface area contributed by atoms with Crippen LogP contribution in [0, 0.1) is 0 Å². The van der Waals surface area contributed by atoms with Gasteiger partial charge in [-0.05, 0) is 6.42 Å². The Kier molecular flexibility index (Phi) is 12.1. The minimum atomic E-state index is -4.05. The van der Waals surface area contributed by atoms with Gasteiger partial charge in [0.1, 0.15) is 6.61 Å². The summed E-state index contributed by atoms with van der Waals surface area (Å²) in [6, 6.07) is 0. The summed E-state index contributed by atoms with van der Waals surface area (Å²) in [4.78, 5) is 28.5. The van der Waals surface area contributed by atoms with Crippen molar-refractivity contribution in [2.75, 3.05) is 12.8 Å². The Morgan fingerprint density at radius 3 is 1.95 bits per heavy atom. The minimum absolute atomic E-state index is 0.194. The Balaban J connectivity index is 3.25.